The van der Waals surface area contributed by atoms with E-state index in [1.807, 2.05) is 24.3 Å². The lowest BCUT2D eigenvalue weighted by Crippen LogP contribution is -2.40. The first-order chi connectivity index (χ1) is 11.5. The second kappa shape index (κ2) is 6.28. The van der Waals surface area contributed by atoms with E-state index in [2.05, 4.69) is 21.2 Å². The number of halogens is 1. The van der Waals surface area contributed by atoms with Crippen LogP contribution in [0, 0.1) is 0 Å². The molecular weight excluding hydrogens is 372 g/mol. The number of carbonyl (C=O) groups is 2. The lowest BCUT2D eigenvalue weighted by atomic mass is 9.92. The van der Waals surface area contributed by atoms with Crippen molar-refractivity contribution in [1.29, 1.82) is 0 Å². The number of hydrogen-bond donors (Lipinski definition) is 1. The van der Waals surface area contributed by atoms with Gasteiger partial charge in [-0.3, -0.25) is 9.69 Å². The summed E-state index contributed by atoms with van der Waals surface area (Å²) in [6.45, 7) is 1.94. The lowest BCUT2D eigenvalue weighted by Gasteiger charge is -2.22. The third-order valence-electron chi connectivity index (χ3n) is 4.23. The summed E-state index contributed by atoms with van der Waals surface area (Å²) >= 11 is 3.45. The number of carbonyl (C=O) groups excluding carboxylic acids is 2. The summed E-state index contributed by atoms with van der Waals surface area (Å²) in [5.41, 5.74) is 0.515. The maximum atomic E-state index is 12.9. The van der Waals surface area contributed by atoms with Gasteiger partial charge in [0.2, 0.25) is 0 Å². The van der Waals surface area contributed by atoms with Gasteiger partial charge in [0.15, 0.2) is 0 Å². The molecule has 1 fully saturated rings. The Morgan fingerprint density at radius 1 is 1.12 bits per heavy atom. The molecule has 0 aliphatic carbocycles. The Hall–Kier alpha value is -2.34. The van der Waals surface area contributed by atoms with E-state index in [1.54, 1.807) is 38.3 Å². The Labute approximate surface area is 148 Å². The van der Waals surface area contributed by atoms with Crippen LogP contribution in [-0.4, -0.2) is 23.9 Å². The molecule has 124 valence electrons. The molecule has 1 saturated heterocycles. The first-order valence-corrected chi connectivity index (χ1v) is 8.27. The first kappa shape index (κ1) is 16.5. The van der Waals surface area contributed by atoms with Crippen LogP contribution in [0.5, 0.6) is 5.75 Å². The van der Waals surface area contributed by atoms with Crippen molar-refractivity contribution in [2.24, 2.45) is 0 Å². The molecule has 3 amide bonds. The quantitative estimate of drug-likeness (QED) is 0.816. The Bertz CT molecular complexity index is 791. The van der Waals surface area contributed by atoms with Crippen LogP contribution >= 0.6 is 15.9 Å². The molecule has 0 bridgehead atoms. The zero-order valence-corrected chi connectivity index (χ0v) is 15.0. The van der Waals surface area contributed by atoms with E-state index in [-0.39, 0.29) is 12.5 Å². The van der Waals surface area contributed by atoms with Crippen LogP contribution in [0.2, 0.25) is 0 Å². The molecule has 1 aliphatic rings. The van der Waals surface area contributed by atoms with Crippen LogP contribution in [0.3, 0.4) is 0 Å². The molecule has 6 heteroatoms. The Kier molecular flexibility index (Phi) is 4.32. The highest BCUT2D eigenvalue weighted by atomic mass is 79.9. The summed E-state index contributed by atoms with van der Waals surface area (Å²) in [4.78, 5) is 26.5. The van der Waals surface area contributed by atoms with E-state index in [4.69, 9.17) is 4.74 Å². The summed E-state index contributed by atoms with van der Waals surface area (Å²) < 4.78 is 6.00. The summed E-state index contributed by atoms with van der Waals surface area (Å²) in [6, 6.07) is 14.3. The number of benzene rings is 2. The zero-order chi connectivity index (χ0) is 17.3. The molecule has 1 N–H and O–H groups in total. The molecule has 24 heavy (non-hydrogen) atoms. The Balaban J connectivity index is 1.88. The normalized spacial score (nSPS) is 20.2. The van der Waals surface area contributed by atoms with Crippen molar-refractivity contribution in [3.63, 3.8) is 0 Å². The molecule has 2 aromatic rings. The molecule has 0 radical (unpaired) electrons. The second-order valence-electron chi connectivity index (χ2n) is 5.77. The number of rotatable bonds is 4. The number of imide groups is 1. The number of methoxy groups -OCH3 is 1. The van der Waals surface area contributed by atoms with E-state index in [0.717, 1.165) is 15.6 Å². The molecule has 0 unspecified atom stereocenters. The van der Waals surface area contributed by atoms with Gasteiger partial charge in [-0.2, -0.15) is 0 Å². The molecule has 0 saturated carbocycles. The van der Waals surface area contributed by atoms with Gasteiger partial charge in [-0.05, 0) is 36.2 Å². The average molecular weight is 389 g/mol. The van der Waals surface area contributed by atoms with Gasteiger partial charge in [-0.15, -0.1) is 0 Å². The van der Waals surface area contributed by atoms with Gasteiger partial charge in [0, 0.05) is 4.47 Å². The number of amides is 3. The molecule has 1 heterocycles. The molecule has 1 atom stereocenters. The minimum absolute atomic E-state index is 0.220. The van der Waals surface area contributed by atoms with Crippen LogP contribution in [0.1, 0.15) is 18.1 Å². The monoisotopic (exact) mass is 388 g/mol. The first-order valence-electron chi connectivity index (χ1n) is 7.48. The fraction of sp³-hybridized carbons (Fsp3) is 0.222. The van der Waals surface area contributed by atoms with Crippen molar-refractivity contribution < 1.29 is 14.3 Å². The lowest BCUT2D eigenvalue weighted by molar-refractivity contribution is -0.131. The third kappa shape index (κ3) is 2.78. The van der Waals surface area contributed by atoms with Gasteiger partial charge >= 0.3 is 6.03 Å². The van der Waals surface area contributed by atoms with E-state index >= 15 is 0 Å². The SMILES string of the molecule is COc1ccc([C@]2(C)NC(=O)N(Cc3ccccc3Br)C2=O)cc1. The standard InChI is InChI=1S/C18H17BrN2O3/c1-18(13-7-9-14(24-2)10-8-13)16(22)21(17(23)20-18)11-12-5-3-4-6-15(12)19/h3-10H,11H2,1-2H3,(H,20,23)/t18-/m0/s1. The Morgan fingerprint density at radius 3 is 2.42 bits per heavy atom. The predicted molar refractivity (Wildman–Crippen MR) is 93.6 cm³/mol. The topological polar surface area (TPSA) is 58.6 Å². The van der Waals surface area contributed by atoms with Crippen LogP contribution in [0.25, 0.3) is 0 Å². The average Bonchev–Trinajstić information content (AvgIpc) is 2.81. The highest BCUT2D eigenvalue weighted by Gasteiger charge is 2.48. The maximum Gasteiger partial charge on any atom is 0.325 e. The van der Waals surface area contributed by atoms with Gasteiger partial charge in [0.1, 0.15) is 11.3 Å². The van der Waals surface area contributed by atoms with Crippen LogP contribution in [0.4, 0.5) is 4.79 Å². The summed E-state index contributed by atoms with van der Waals surface area (Å²) in [6.07, 6.45) is 0. The van der Waals surface area contributed by atoms with E-state index in [9.17, 15) is 9.59 Å². The van der Waals surface area contributed by atoms with Crippen molar-refractivity contribution in [3.8, 4) is 5.75 Å². The molecule has 0 spiro atoms. The van der Waals surface area contributed by atoms with Gasteiger partial charge in [0.05, 0.1) is 13.7 Å². The number of nitrogens with zero attached hydrogens (tertiary/aromatic N) is 1. The van der Waals surface area contributed by atoms with Crippen molar-refractivity contribution in [3.05, 3.63) is 64.1 Å². The molecule has 2 aromatic carbocycles. The molecular formula is C18H17BrN2O3. The minimum atomic E-state index is -1.08. The van der Waals surface area contributed by atoms with E-state index in [0.29, 0.717) is 5.75 Å². The number of nitrogens with one attached hydrogen (secondary N) is 1. The van der Waals surface area contributed by atoms with E-state index in [1.165, 1.54) is 4.90 Å². The summed E-state index contributed by atoms with van der Waals surface area (Å²) in [7, 11) is 1.58. The third-order valence-corrected chi connectivity index (χ3v) is 5.00. The predicted octanol–water partition coefficient (Wildman–Crippen LogP) is 3.42. The smallest absolute Gasteiger partial charge is 0.325 e. The minimum Gasteiger partial charge on any atom is -0.497 e. The fourth-order valence-corrected chi connectivity index (χ4v) is 3.17. The number of ether oxygens (including phenoxy) is 1. The molecule has 1 aliphatic heterocycles. The van der Waals surface area contributed by atoms with Crippen molar-refractivity contribution in [1.82, 2.24) is 10.2 Å². The molecule has 0 aromatic heterocycles. The fourth-order valence-electron chi connectivity index (χ4n) is 2.76. The Morgan fingerprint density at radius 2 is 1.79 bits per heavy atom. The van der Waals surface area contributed by atoms with Gasteiger partial charge in [-0.25, -0.2) is 4.79 Å². The van der Waals surface area contributed by atoms with E-state index < -0.39 is 11.6 Å². The highest BCUT2D eigenvalue weighted by Crippen LogP contribution is 2.31. The zero-order valence-electron chi connectivity index (χ0n) is 13.4. The maximum absolute atomic E-state index is 12.9. The van der Waals surface area contributed by atoms with Gasteiger partial charge in [0.25, 0.3) is 5.91 Å². The van der Waals surface area contributed by atoms with Crippen LogP contribution in [-0.2, 0) is 16.9 Å². The van der Waals surface area contributed by atoms with Gasteiger partial charge in [-0.1, -0.05) is 46.3 Å². The van der Waals surface area contributed by atoms with Crippen LogP contribution < -0.4 is 10.1 Å². The van der Waals surface area contributed by atoms with Crippen LogP contribution in [0.15, 0.2) is 53.0 Å². The summed E-state index contributed by atoms with van der Waals surface area (Å²) in [5, 5.41) is 2.80. The van der Waals surface area contributed by atoms with Crippen molar-refractivity contribution >= 4 is 27.9 Å². The number of urea groups is 1. The second-order valence-corrected chi connectivity index (χ2v) is 6.62. The molecule has 5 nitrogen and oxygen atoms in total. The van der Waals surface area contributed by atoms with Crippen molar-refractivity contribution in [2.45, 2.75) is 19.0 Å². The summed E-state index contributed by atoms with van der Waals surface area (Å²) in [5.74, 6) is 0.428. The van der Waals surface area contributed by atoms with Gasteiger partial charge < -0.3 is 10.1 Å². The largest absolute Gasteiger partial charge is 0.497 e. The number of hydrogen-bond acceptors (Lipinski definition) is 3. The van der Waals surface area contributed by atoms with Crippen molar-refractivity contribution in [2.75, 3.05) is 7.11 Å². The molecule has 3 rings (SSSR count). The highest BCUT2D eigenvalue weighted by molar-refractivity contribution is 9.10.